The van der Waals surface area contributed by atoms with Crippen LogP contribution in [0.5, 0.6) is 0 Å². The average Bonchev–Trinajstić information content (AvgIpc) is 3.11. The maximum absolute atomic E-state index is 12.7. The largest absolute Gasteiger partial charge is 0.456 e. The van der Waals surface area contributed by atoms with E-state index in [-0.39, 0.29) is 18.1 Å². The normalized spacial score (nSPS) is 21.5. The van der Waals surface area contributed by atoms with Crippen LogP contribution in [0.4, 0.5) is 0 Å². The lowest BCUT2D eigenvalue weighted by atomic mass is 10.1. The second-order valence-electron chi connectivity index (χ2n) is 9.39. The molecule has 10 heteroatoms. The first kappa shape index (κ1) is 24.9. The summed E-state index contributed by atoms with van der Waals surface area (Å²) in [5.74, 6) is -0.458. The van der Waals surface area contributed by atoms with Gasteiger partial charge in [-0.25, -0.2) is 9.59 Å². The Kier molecular flexibility index (Phi) is 7.47. The third kappa shape index (κ3) is 5.59. The van der Waals surface area contributed by atoms with Gasteiger partial charge in [0, 0.05) is 12.6 Å². The molecule has 2 aromatic rings. The van der Waals surface area contributed by atoms with E-state index in [0.717, 1.165) is 0 Å². The van der Waals surface area contributed by atoms with Gasteiger partial charge in [-0.1, -0.05) is 39.0 Å². The molecule has 1 aromatic carbocycles. The molecule has 0 spiro atoms. The molecule has 1 aliphatic rings. The zero-order valence-corrected chi connectivity index (χ0v) is 22.0. The van der Waals surface area contributed by atoms with Gasteiger partial charge in [0.2, 0.25) is 0 Å². The fourth-order valence-corrected chi connectivity index (χ4v) is 4.56. The highest BCUT2D eigenvalue weighted by molar-refractivity contribution is 14.1. The minimum absolute atomic E-state index is 0.00713. The number of nitrogens with one attached hydrogen (secondary N) is 1. The van der Waals surface area contributed by atoms with Gasteiger partial charge in [0.15, 0.2) is 8.32 Å². The third-order valence-corrected chi connectivity index (χ3v) is 11.4. The number of aromatic amines is 1. The van der Waals surface area contributed by atoms with Crippen LogP contribution in [0.1, 0.15) is 43.8 Å². The predicted molar refractivity (Wildman–Crippen MR) is 131 cm³/mol. The zero-order valence-electron chi connectivity index (χ0n) is 18.9. The molecule has 1 saturated heterocycles. The number of carbonyl (C=O) groups excluding carboxylic acids is 1. The molecule has 1 N–H and O–H groups in total. The number of esters is 1. The molecule has 0 saturated carbocycles. The summed E-state index contributed by atoms with van der Waals surface area (Å²) in [6, 6.07) is 8.73. The number of aromatic nitrogens is 2. The molecule has 0 aliphatic carbocycles. The van der Waals surface area contributed by atoms with Gasteiger partial charge in [-0.15, -0.1) is 0 Å². The Bertz CT molecular complexity index is 1080. The van der Waals surface area contributed by atoms with E-state index in [4.69, 9.17) is 13.9 Å². The number of H-pyrrole nitrogens is 1. The minimum Gasteiger partial charge on any atom is -0.456 e. The highest BCUT2D eigenvalue weighted by Gasteiger charge is 2.43. The summed E-state index contributed by atoms with van der Waals surface area (Å²) in [6.45, 7) is 11.0. The number of ether oxygens (including phenoxy) is 2. The molecule has 8 nitrogen and oxygen atoms in total. The van der Waals surface area contributed by atoms with Crippen molar-refractivity contribution in [3.05, 3.63) is 66.5 Å². The Balaban J connectivity index is 1.84. The molecule has 3 rings (SSSR count). The minimum atomic E-state index is -2.07. The van der Waals surface area contributed by atoms with Crippen LogP contribution >= 0.6 is 22.6 Å². The van der Waals surface area contributed by atoms with Crippen molar-refractivity contribution < 1.29 is 18.7 Å². The van der Waals surface area contributed by atoms with Crippen molar-refractivity contribution in [1.82, 2.24) is 9.55 Å². The molecule has 3 atom stereocenters. The van der Waals surface area contributed by atoms with Crippen LogP contribution in [0.3, 0.4) is 0 Å². The standard InChI is InChI=1S/C22H29IN2O6Si/c1-22(2,3)32(4,5)29-13-17-16(31-20(27)14-9-7-6-8-10-14)11-18(30-17)25-12-15(23)19(26)24-21(25)28/h6-10,12,16-18H,11,13H2,1-5H3,(H,24,26,28)/t16-,17+,18+/m0/s1. The summed E-state index contributed by atoms with van der Waals surface area (Å²) in [7, 11) is -2.07. The number of hydrogen-bond acceptors (Lipinski definition) is 6. The number of rotatable bonds is 6. The van der Waals surface area contributed by atoms with E-state index in [1.165, 1.54) is 10.8 Å². The van der Waals surface area contributed by atoms with E-state index < -0.39 is 44.0 Å². The Morgan fingerprint density at radius 3 is 2.53 bits per heavy atom. The summed E-state index contributed by atoms with van der Waals surface area (Å²) in [5, 5.41) is 0.00713. The SMILES string of the molecule is CC(C)(C)[Si](C)(C)OC[C@H]1O[C@@H](n2cc(I)c(=O)[nH]c2=O)C[C@@H]1OC(=O)c1ccccc1. The quantitative estimate of drug-likeness (QED) is 0.322. The third-order valence-electron chi connectivity index (χ3n) is 6.10. The molecule has 0 bridgehead atoms. The Hall–Kier alpha value is -1.76. The fourth-order valence-electron chi connectivity index (χ4n) is 3.11. The monoisotopic (exact) mass is 572 g/mol. The fraction of sp³-hybridized carbons (Fsp3) is 0.500. The zero-order chi connectivity index (χ0) is 23.7. The van der Waals surface area contributed by atoms with Crippen LogP contribution in [0.25, 0.3) is 0 Å². The highest BCUT2D eigenvalue weighted by atomic mass is 127. The molecule has 0 radical (unpaired) electrons. The second-order valence-corrected chi connectivity index (χ2v) is 15.4. The highest BCUT2D eigenvalue weighted by Crippen LogP contribution is 2.38. The lowest BCUT2D eigenvalue weighted by Crippen LogP contribution is -2.44. The van der Waals surface area contributed by atoms with Crippen LogP contribution < -0.4 is 11.2 Å². The van der Waals surface area contributed by atoms with Crippen LogP contribution in [0.15, 0.2) is 46.1 Å². The molecular weight excluding hydrogens is 543 g/mol. The molecule has 1 aliphatic heterocycles. The predicted octanol–water partition coefficient (Wildman–Crippen LogP) is 3.68. The summed E-state index contributed by atoms with van der Waals surface area (Å²) in [4.78, 5) is 39.1. The first-order chi connectivity index (χ1) is 14.9. The van der Waals surface area contributed by atoms with Crippen LogP contribution in [-0.4, -0.2) is 42.7 Å². The van der Waals surface area contributed by atoms with Gasteiger partial charge in [0.25, 0.3) is 5.56 Å². The van der Waals surface area contributed by atoms with Gasteiger partial charge in [0.1, 0.15) is 18.4 Å². The Morgan fingerprint density at radius 2 is 1.91 bits per heavy atom. The molecular formula is C22H29IN2O6Si. The van der Waals surface area contributed by atoms with Gasteiger partial charge in [0.05, 0.1) is 15.7 Å². The lowest BCUT2D eigenvalue weighted by Gasteiger charge is -2.37. The summed E-state index contributed by atoms with van der Waals surface area (Å²) >= 11 is 1.86. The molecule has 0 amide bonds. The molecule has 32 heavy (non-hydrogen) atoms. The van der Waals surface area contributed by atoms with E-state index in [1.807, 2.05) is 28.7 Å². The number of hydrogen-bond donors (Lipinski definition) is 1. The van der Waals surface area contributed by atoms with E-state index in [1.54, 1.807) is 24.3 Å². The summed E-state index contributed by atoms with van der Waals surface area (Å²) < 4.78 is 20.0. The van der Waals surface area contributed by atoms with Gasteiger partial charge in [-0.05, 0) is 52.9 Å². The molecule has 2 heterocycles. The topological polar surface area (TPSA) is 99.6 Å². The van der Waals surface area contributed by atoms with E-state index >= 15 is 0 Å². The Labute approximate surface area is 201 Å². The average molecular weight is 572 g/mol. The van der Waals surface area contributed by atoms with Gasteiger partial charge in [-0.2, -0.15) is 0 Å². The van der Waals surface area contributed by atoms with Gasteiger partial charge in [-0.3, -0.25) is 14.3 Å². The van der Waals surface area contributed by atoms with Gasteiger partial charge < -0.3 is 13.9 Å². The number of halogens is 1. The van der Waals surface area contributed by atoms with Crippen LogP contribution in [-0.2, 0) is 13.9 Å². The van der Waals surface area contributed by atoms with Crippen molar-refractivity contribution in [2.75, 3.05) is 6.61 Å². The smallest absolute Gasteiger partial charge is 0.338 e. The first-order valence-electron chi connectivity index (χ1n) is 10.5. The molecule has 0 unspecified atom stereocenters. The second kappa shape index (κ2) is 9.62. The van der Waals surface area contributed by atoms with Crippen molar-refractivity contribution in [2.45, 2.75) is 63.8 Å². The van der Waals surface area contributed by atoms with Crippen molar-refractivity contribution >= 4 is 36.9 Å². The number of benzene rings is 1. The number of carbonyl (C=O) groups is 1. The van der Waals surface area contributed by atoms with Crippen LogP contribution in [0, 0.1) is 3.57 Å². The molecule has 174 valence electrons. The number of nitrogens with zero attached hydrogens (tertiary/aromatic N) is 1. The van der Waals surface area contributed by atoms with Crippen molar-refractivity contribution in [3.8, 4) is 0 Å². The first-order valence-corrected chi connectivity index (χ1v) is 14.4. The van der Waals surface area contributed by atoms with Gasteiger partial charge >= 0.3 is 11.7 Å². The van der Waals surface area contributed by atoms with E-state index in [9.17, 15) is 14.4 Å². The molecule has 1 fully saturated rings. The van der Waals surface area contributed by atoms with Crippen molar-refractivity contribution in [3.63, 3.8) is 0 Å². The van der Waals surface area contributed by atoms with Crippen LogP contribution in [0.2, 0.25) is 18.1 Å². The maximum atomic E-state index is 12.7. The van der Waals surface area contributed by atoms with Crippen molar-refractivity contribution in [2.24, 2.45) is 0 Å². The Morgan fingerprint density at radius 1 is 1.25 bits per heavy atom. The maximum Gasteiger partial charge on any atom is 0.338 e. The van der Waals surface area contributed by atoms with E-state index in [2.05, 4.69) is 38.8 Å². The summed E-state index contributed by atoms with van der Waals surface area (Å²) in [6.07, 6.45) is -0.104. The molecule has 1 aromatic heterocycles. The summed E-state index contributed by atoms with van der Waals surface area (Å²) in [5.41, 5.74) is -0.579. The van der Waals surface area contributed by atoms with E-state index in [0.29, 0.717) is 9.13 Å². The lowest BCUT2D eigenvalue weighted by molar-refractivity contribution is -0.0498. The van der Waals surface area contributed by atoms with Crippen molar-refractivity contribution in [1.29, 1.82) is 0 Å².